The third-order valence-electron chi connectivity index (χ3n) is 3.08. The number of aliphatic imine (C=N–C) groups is 1. The maximum absolute atomic E-state index is 13.5. The fourth-order valence-corrected chi connectivity index (χ4v) is 1.83. The maximum atomic E-state index is 13.5. The van der Waals surface area contributed by atoms with Gasteiger partial charge in [0.05, 0.1) is 6.61 Å². The van der Waals surface area contributed by atoms with Crippen LogP contribution in [0.5, 0.6) is 0 Å². The molecule has 0 atom stereocenters. The minimum Gasteiger partial charge on any atom is -0.466 e. The Balaban J connectivity index is 0.00000484. The van der Waals surface area contributed by atoms with Crippen molar-refractivity contribution in [1.29, 1.82) is 0 Å². The quantitative estimate of drug-likeness (QED) is 0.227. The minimum atomic E-state index is -0.211. The summed E-state index contributed by atoms with van der Waals surface area (Å²) >= 11 is 0. The van der Waals surface area contributed by atoms with Crippen LogP contribution in [0.25, 0.3) is 0 Å². The molecule has 0 saturated heterocycles. The number of halogens is 2. The highest BCUT2D eigenvalue weighted by Gasteiger charge is 2.03. The number of rotatable bonds is 7. The zero-order chi connectivity index (χ0) is 16.4. The Bertz CT molecular complexity index is 524. The predicted octanol–water partition coefficient (Wildman–Crippen LogP) is 2.76. The van der Waals surface area contributed by atoms with Gasteiger partial charge in [-0.25, -0.2) is 4.39 Å². The minimum absolute atomic E-state index is 0. The molecule has 2 N–H and O–H groups in total. The smallest absolute Gasteiger partial charge is 0.305 e. The lowest BCUT2D eigenvalue weighted by atomic mass is 10.1. The van der Waals surface area contributed by atoms with Crippen LogP contribution in [0.1, 0.15) is 30.9 Å². The van der Waals surface area contributed by atoms with E-state index in [0.29, 0.717) is 44.1 Å². The molecule has 0 unspecified atom stereocenters. The number of guanidine groups is 1. The summed E-state index contributed by atoms with van der Waals surface area (Å²) in [5, 5.41) is 6.20. The van der Waals surface area contributed by atoms with Gasteiger partial charge in [-0.1, -0.05) is 12.1 Å². The summed E-state index contributed by atoms with van der Waals surface area (Å²) in [6, 6.07) is 5.14. The van der Waals surface area contributed by atoms with Gasteiger partial charge in [0, 0.05) is 26.6 Å². The fraction of sp³-hybridized carbons (Fsp3) is 0.500. The van der Waals surface area contributed by atoms with E-state index in [0.717, 1.165) is 5.56 Å². The molecule has 0 radical (unpaired) electrons. The topological polar surface area (TPSA) is 62.7 Å². The fourth-order valence-electron chi connectivity index (χ4n) is 1.83. The molecule has 0 amide bonds. The summed E-state index contributed by atoms with van der Waals surface area (Å²) in [5.41, 5.74) is 1.47. The van der Waals surface area contributed by atoms with Crippen LogP contribution in [0, 0.1) is 12.7 Å². The SMILES string of the molecule is CCOC(=O)CCCNC(=NC)NCc1ccc(C)c(F)c1.I. The molecule has 1 aromatic carbocycles. The van der Waals surface area contributed by atoms with E-state index in [1.807, 2.05) is 6.07 Å². The molecule has 1 rings (SSSR count). The van der Waals surface area contributed by atoms with Crippen molar-refractivity contribution >= 4 is 35.9 Å². The first kappa shape index (κ1) is 21.6. The number of hydrogen-bond donors (Lipinski definition) is 2. The average Bonchev–Trinajstić information content (AvgIpc) is 2.50. The van der Waals surface area contributed by atoms with E-state index in [9.17, 15) is 9.18 Å². The van der Waals surface area contributed by atoms with Crippen LogP contribution in [0.4, 0.5) is 4.39 Å². The molecule has 0 bridgehead atoms. The number of benzene rings is 1. The van der Waals surface area contributed by atoms with Gasteiger partial charge in [0.1, 0.15) is 5.82 Å². The molecule has 5 nitrogen and oxygen atoms in total. The van der Waals surface area contributed by atoms with Crippen LogP contribution in [-0.2, 0) is 16.1 Å². The van der Waals surface area contributed by atoms with Gasteiger partial charge in [-0.3, -0.25) is 9.79 Å². The zero-order valence-electron chi connectivity index (χ0n) is 13.8. The molecular formula is C16H25FIN3O2. The molecule has 23 heavy (non-hydrogen) atoms. The van der Waals surface area contributed by atoms with E-state index in [-0.39, 0.29) is 35.8 Å². The van der Waals surface area contributed by atoms with Crippen molar-refractivity contribution in [3.05, 3.63) is 35.1 Å². The third kappa shape index (κ3) is 8.73. The second-order valence-corrected chi connectivity index (χ2v) is 4.84. The van der Waals surface area contributed by atoms with Crippen LogP contribution < -0.4 is 10.6 Å². The first-order valence-corrected chi connectivity index (χ1v) is 7.42. The molecule has 0 fully saturated rings. The number of carbonyl (C=O) groups is 1. The molecule has 1 aromatic rings. The number of ether oxygens (including phenoxy) is 1. The highest BCUT2D eigenvalue weighted by atomic mass is 127. The van der Waals surface area contributed by atoms with Crippen LogP contribution in [0.3, 0.4) is 0 Å². The lowest BCUT2D eigenvalue weighted by Gasteiger charge is -2.12. The maximum Gasteiger partial charge on any atom is 0.305 e. The Morgan fingerprint density at radius 1 is 1.35 bits per heavy atom. The Morgan fingerprint density at radius 2 is 2.09 bits per heavy atom. The predicted molar refractivity (Wildman–Crippen MR) is 101 cm³/mol. The molecule has 0 aliphatic rings. The van der Waals surface area contributed by atoms with E-state index in [4.69, 9.17) is 4.74 Å². The number of nitrogens with zero attached hydrogens (tertiary/aromatic N) is 1. The van der Waals surface area contributed by atoms with Crippen molar-refractivity contribution in [3.63, 3.8) is 0 Å². The molecule has 7 heteroatoms. The molecule has 0 heterocycles. The van der Waals surface area contributed by atoms with Gasteiger partial charge in [0.2, 0.25) is 0 Å². The Morgan fingerprint density at radius 3 is 2.70 bits per heavy atom. The summed E-state index contributed by atoms with van der Waals surface area (Å²) in [7, 11) is 1.66. The lowest BCUT2D eigenvalue weighted by Crippen LogP contribution is -2.37. The summed E-state index contributed by atoms with van der Waals surface area (Å²) in [5.74, 6) is 0.212. The molecule has 0 saturated carbocycles. The van der Waals surface area contributed by atoms with Gasteiger partial charge >= 0.3 is 5.97 Å². The monoisotopic (exact) mass is 437 g/mol. The summed E-state index contributed by atoms with van der Waals surface area (Å²) in [4.78, 5) is 15.3. The number of hydrogen-bond acceptors (Lipinski definition) is 3. The standard InChI is InChI=1S/C16H24FN3O2.HI/c1-4-22-15(21)6-5-9-19-16(18-3)20-11-13-8-7-12(2)14(17)10-13;/h7-8,10H,4-6,9,11H2,1-3H3,(H2,18,19,20);1H. The van der Waals surface area contributed by atoms with Crippen molar-refractivity contribution in [3.8, 4) is 0 Å². The Labute approximate surface area is 154 Å². The summed E-state index contributed by atoms with van der Waals surface area (Å²) in [6.45, 7) is 5.02. The van der Waals surface area contributed by atoms with Crippen molar-refractivity contribution in [2.24, 2.45) is 4.99 Å². The third-order valence-corrected chi connectivity index (χ3v) is 3.08. The van der Waals surface area contributed by atoms with Crippen molar-refractivity contribution in [2.75, 3.05) is 20.2 Å². The molecule has 0 aliphatic carbocycles. The highest BCUT2D eigenvalue weighted by Crippen LogP contribution is 2.08. The largest absolute Gasteiger partial charge is 0.466 e. The van der Waals surface area contributed by atoms with E-state index in [1.54, 1.807) is 27.0 Å². The molecular weight excluding hydrogens is 412 g/mol. The molecule has 0 aromatic heterocycles. The zero-order valence-corrected chi connectivity index (χ0v) is 16.1. The Kier molecular flexibility index (Phi) is 11.4. The van der Waals surface area contributed by atoms with Gasteiger partial charge in [-0.05, 0) is 37.5 Å². The van der Waals surface area contributed by atoms with Gasteiger partial charge < -0.3 is 15.4 Å². The van der Waals surface area contributed by atoms with E-state index >= 15 is 0 Å². The van der Waals surface area contributed by atoms with Gasteiger partial charge in [0.25, 0.3) is 0 Å². The van der Waals surface area contributed by atoms with Gasteiger partial charge in [0.15, 0.2) is 5.96 Å². The van der Waals surface area contributed by atoms with Crippen LogP contribution >= 0.6 is 24.0 Å². The number of aryl methyl sites for hydroxylation is 1. The van der Waals surface area contributed by atoms with Gasteiger partial charge in [-0.2, -0.15) is 0 Å². The normalized spacial score (nSPS) is 10.7. The average molecular weight is 437 g/mol. The number of nitrogens with one attached hydrogen (secondary N) is 2. The van der Waals surface area contributed by atoms with Crippen LogP contribution in [0.15, 0.2) is 23.2 Å². The van der Waals surface area contributed by atoms with E-state index in [1.165, 1.54) is 6.07 Å². The number of esters is 1. The van der Waals surface area contributed by atoms with Crippen LogP contribution in [0.2, 0.25) is 0 Å². The molecule has 0 aliphatic heterocycles. The highest BCUT2D eigenvalue weighted by molar-refractivity contribution is 14.0. The van der Waals surface area contributed by atoms with Crippen molar-refractivity contribution in [2.45, 2.75) is 33.2 Å². The second-order valence-electron chi connectivity index (χ2n) is 4.84. The lowest BCUT2D eigenvalue weighted by molar-refractivity contribution is -0.143. The van der Waals surface area contributed by atoms with Gasteiger partial charge in [-0.15, -0.1) is 24.0 Å². The first-order chi connectivity index (χ1) is 10.6. The summed E-state index contributed by atoms with van der Waals surface area (Å²) in [6.07, 6.45) is 1.04. The van der Waals surface area contributed by atoms with E-state index in [2.05, 4.69) is 15.6 Å². The van der Waals surface area contributed by atoms with E-state index < -0.39 is 0 Å². The van der Waals surface area contributed by atoms with Crippen molar-refractivity contribution in [1.82, 2.24) is 10.6 Å². The number of carbonyl (C=O) groups excluding carboxylic acids is 1. The first-order valence-electron chi connectivity index (χ1n) is 7.42. The Hall–Kier alpha value is -1.38. The molecule has 130 valence electrons. The second kappa shape index (κ2) is 12.1. The molecule has 0 spiro atoms. The van der Waals surface area contributed by atoms with Crippen molar-refractivity contribution < 1.29 is 13.9 Å². The van der Waals surface area contributed by atoms with Crippen LogP contribution in [-0.4, -0.2) is 32.1 Å². The summed E-state index contributed by atoms with van der Waals surface area (Å²) < 4.78 is 18.3.